The van der Waals surface area contributed by atoms with E-state index in [1.54, 1.807) is 12.1 Å². The molecule has 0 heterocycles. The zero-order chi connectivity index (χ0) is 14.4. The summed E-state index contributed by atoms with van der Waals surface area (Å²) in [6.07, 6.45) is 0. The van der Waals surface area contributed by atoms with Crippen LogP contribution < -0.4 is 5.32 Å². The van der Waals surface area contributed by atoms with Gasteiger partial charge in [0.25, 0.3) is 0 Å². The SMILES string of the molecule is CON(C)C(=O)C(=O)NCc1ccc(Cl)c(CF)c1. The quantitative estimate of drug-likeness (QED) is 0.674. The predicted octanol–water partition coefficient (Wildman–Crippen LogP) is 1.45. The topological polar surface area (TPSA) is 58.6 Å². The van der Waals surface area contributed by atoms with E-state index in [2.05, 4.69) is 10.2 Å². The molecule has 1 aromatic rings. The van der Waals surface area contributed by atoms with Gasteiger partial charge in [-0.2, -0.15) is 0 Å². The lowest BCUT2D eigenvalue weighted by atomic mass is 10.1. The van der Waals surface area contributed by atoms with Gasteiger partial charge in [-0.3, -0.25) is 14.4 Å². The summed E-state index contributed by atoms with van der Waals surface area (Å²) in [5.41, 5.74) is 0.993. The van der Waals surface area contributed by atoms with Crippen LogP contribution in [0.5, 0.6) is 0 Å². The Morgan fingerprint density at radius 1 is 1.47 bits per heavy atom. The zero-order valence-corrected chi connectivity index (χ0v) is 11.3. The summed E-state index contributed by atoms with van der Waals surface area (Å²) in [5.74, 6) is -1.62. The summed E-state index contributed by atoms with van der Waals surface area (Å²) in [6.45, 7) is -0.585. The molecule has 19 heavy (non-hydrogen) atoms. The summed E-state index contributed by atoms with van der Waals surface area (Å²) in [6, 6.07) is 4.72. The van der Waals surface area contributed by atoms with Gasteiger partial charge in [-0.05, 0) is 17.7 Å². The van der Waals surface area contributed by atoms with E-state index in [9.17, 15) is 14.0 Å². The van der Waals surface area contributed by atoms with Crippen LogP contribution in [-0.2, 0) is 27.6 Å². The molecule has 0 fully saturated rings. The lowest BCUT2D eigenvalue weighted by Crippen LogP contribution is -2.40. The fourth-order valence-electron chi connectivity index (χ4n) is 1.32. The summed E-state index contributed by atoms with van der Waals surface area (Å²) in [5, 5.41) is 3.55. The summed E-state index contributed by atoms with van der Waals surface area (Å²) in [7, 11) is 2.60. The molecule has 0 saturated heterocycles. The first-order valence-electron chi connectivity index (χ1n) is 5.42. The Kier molecular flexibility index (Phi) is 5.72. The maximum atomic E-state index is 12.6. The third-order valence-corrected chi connectivity index (χ3v) is 2.83. The summed E-state index contributed by atoms with van der Waals surface area (Å²) >= 11 is 5.77. The highest BCUT2D eigenvalue weighted by Gasteiger charge is 2.18. The number of nitrogens with zero attached hydrogens (tertiary/aromatic N) is 1. The lowest BCUT2D eigenvalue weighted by molar-refractivity contribution is -0.173. The van der Waals surface area contributed by atoms with Gasteiger partial charge in [-0.15, -0.1) is 0 Å². The molecule has 0 bridgehead atoms. The van der Waals surface area contributed by atoms with Gasteiger partial charge >= 0.3 is 11.8 Å². The molecule has 104 valence electrons. The number of halogens is 2. The van der Waals surface area contributed by atoms with Crippen LogP contribution >= 0.6 is 11.6 Å². The molecule has 1 N–H and O–H groups in total. The fraction of sp³-hybridized carbons (Fsp3) is 0.333. The van der Waals surface area contributed by atoms with Crippen molar-refractivity contribution >= 4 is 23.4 Å². The van der Waals surface area contributed by atoms with Crippen molar-refractivity contribution in [2.24, 2.45) is 0 Å². The first-order chi connectivity index (χ1) is 8.99. The molecule has 0 atom stereocenters. The van der Waals surface area contributed by atoms with Crippen LogP contribution in [0.25, 0.3) is 0 Å². The van der Waals surface area contributed by atoms with E-state index in [1.807, 2.05) is 0 Å². The molecule has 0 spiro atoms. The number of hydrogen-bond acceptors (Lipinski definition) is 3. The Hall–Kier alpha value is -1.66. The minimum Gasteiger partial charge on any atom is -0.344 e. The maximum absolute atomic E-state index is 12.6. The average Bonchev–Trinajstić information content (AvgIpc) is 2.44. The first kappa shape index (κ1) is 15.4. The number of benzene rings is 1. The van der Waals surface area contributed by atoms with Crippen molar-refractivity contribution in [3.8, 4) is 0 Å². The van der Waals surface area contributed by atoms with Gasteiger partial charge in [-0.25, -0.2) is 9.45 Å². The monoisotopic (exact) mass is 288 g/mol. The third kappa shape index (κ3) is 4.18. The Morgan fingerprint density at radius 3 is 2.74 bits per heavy atom. The molecule has 0 aliphatic rings. The van der Waals surface area contributed by atoms with Crippen molar-refractivity contribution in [2.45, 2.75) is 13.2 Å². The number of rotatable bonds is 4. The van der Waals surface area contributed by atoms with E-state index < -0.39 is 18.5 Å². The van der Waals surface area contributed by atoms with Crippen molar-refractivity contribution in [3.63, 3.8) is 0 Å². The molecule has 1 rings (SSSR count). The predicted molar refractivity (Wildman–Crippen MR) is 67.9 cm³/mol. The number of hydroxylamine groups is 2. The molecule has 0 radical (unpaired) electrons. The molecular weight excluding hydrogens is 275 g/mol. The number of likely N-dealkylation sites (N-methyl/N-ethyl adjacent to an activating group) is 1. The van der Waals surface area contributed by atoms with Crippen LogP contribution in [0, 0.1) is 0 Å². The second-order valence-electron chi connectivity index (χ2n) is 3.73. The second kappa shape index (κ2) is 7.06. The number of hydrogen-bond donors (Lipinski definition) is 1. The average molecular weight is 289 g/mol. The summed E-state index contributed by atoms with van der Waals surface area (Å²) in [4.78, 5) is 27.4. The maximum Gasteiger partial charge on any atom is 0.335 e. The normalized spacial score (nSPS) is 10.1. The molecule has 0 aliphatic heterocycles. The highest BCUT2D eigenvalue weighted by Crippen LogP contribution is 2.18. The molecule has 7 heteroatoms. The molecule has 0 aliphatic carbocycles. The molecular formula is C12H14ClFN2O3. The Bertz CT molecular complexity index is 482. The van der Waals surface area contributed by atoms with E-state index in [-0.39, 0.29) is 6.54 Å². The van der Waals surface area contributed by atoms with Crippen molar-refractivity contribution in [2.75, 3.05) is 14.2 Å². The van der Waals surface area contributed by atoms with Crippen molar-refractivity contribution in [1.82, 2.24) is 10.4 Å². The number of carbonyl (C=O) groups excluding carboxylic acids is 2. The van der Waals surface area contributed by atoms with E-state index in [0.717, 1.165) is 5.06 Å². The minimum absolute atomic E-state index is 0.103. The molecule has 2 amide bonds. The van der Waals surface area contributed by atoms with Gasteiger partial charge in [0, 0.05) is 24.2 Å². The van der Waals surface area contributed by atoms with Crippen LogP contribution in [0.2, 0.25) is 5.02 Å². The van der Waals surface area contributed by atoms with Gasteiger partial charge in [0.2, 0.25) is 0 Å². The van der Waals surface area contributed by atoms with Crippen molar-refractivity contribution in [1.29, 1.82) is 0 Å². The summed E-state index contributed by atoms with van der Waals surface area (Å²) < 4.78 is 12.6. The van der Waals surface area contributed by atoms with Crippen molar-refractivity contribution in [3.05, 3.63) is 34.3 Å². The van der Waals surface area contributed by atoms with Crippen molar-refractivity contribution < 1.29 is 18.8 Å². The third-order valence-electron chi connectivity index (χ3n) is 2.46. The molecule has 1 aromatic carbocycles. The van der Waals surface area contributed by atoms with Gasteiger partial charge < -0.3 is 5.32 Å². The van der Waals surface area contributed by atoms with Gasteiger partial charge in [0.1, 0.15) is 6.67 Å². The number of amides is 2. The van der Waals surface area contributed by atoms with Gasteiger partial charge in [0.05, 0.1) is 7.11 Å². The molecule has 0 unspecified atom stereocenters. The van der Waals surface area contributed by atoms with Crippen LogP contribution in [0.15, 0.2) is 18.2 Å². The van der Waals surface area contributed by atoms with E-state index in [1.165, 1.54) is 20.2 Å². The Labute approximate surface area is 115 Å². The van der Waals surface area contributed by atoms with E-state index in [4.69, 9.17) is 11.6 Å². The van der Waals surface area contributed by atoms with Crippen LogP contribution in [0.4, 0.5) is 4.39 Å². The number of alkyl halides is 1. The minimum atomic E-state index is -0.817. The van der Waals surface area contributed by atoms with E-state index in [0.29, 0.717) is 16.1 Å². The molecule has 0 aromatic heterocycles. The first-order valence-corrected chi connectivity index (χ1v) is 5.80. The highest BCUT2D eigenvalue weighted by atomic mass is 35.5. The largest absolute Gasteiger partial charge is 0.344 e. The van der Waals surface area contributed by atoms with Gasteiger partial charge in [-0.1, -0.05) is 17.7 Å². The van der Waals surface area contributed by atoms with Crippen LogP contribution in [-0.4, -0.2) is 31.0 Å². The number of nitrogens with one attached hydrogen (secondary N) is 1. The lowest BCUT2D eigenvalue weighted by Gasteiger charge is -2.13. The smallest absolute Gasteiger partial charge is 0.335 e. The van der Waals surface area contributed by atoms with E-state index >= 15 is 0 Å². The Balaban J connectivity index is 2.62. The van der Waals surface area contributed by atoms with Crippen LogP contribution in [0.3, 0.4) is 0 Å². The second-order valence-corrected chi connectivity index (χ2v) is 4.13. The standard InChI is InChI=1S/C12H14ClFN2O3/c1-16(19-2)12(18)11(17)15-7-8-3-4-10(13)9(5-8)6-14/h3-5H,6-7H2,1-2H3,(H,15,17). The van der Waals surface area contributed by atoms with Gasteiger partial charge in [0.15, 0.2) is 0 Å². The van der Waals surface area contributed by atoms with Crippen LogP contribution in [0.1, 0.15) is 11.1 Å². The highest BCUT2D eigenvalue weighted by molar-refractivity contribution is 6.34. The molecule has 0 saturated carbocycles. The fourth-order valence-corrected chi connectivity index (χ4v) is 1.49. The number of carbonyl (C=O) groups is 2. The Morgan fingerprint density at radius 2 is 2.16 bits per heavy atom. The zero-order valence-electron chi connectivity index (χ0n) is 10.6. The molecule has 5 nitrogen and oxygen atoms in total.